The maximum Gasteiger partial charge on any atom is 0.226 e. The average Bonchev–Trinajstić information content (AvgIpc) is 2.47. The van der Waals surface area contributed by atoms with E-state index in [-0.39, 0.29) is 17.7 Å². The Morgan fingerprint density at radius 3 is 2.50 bits per heavy atom. The lowest BCUT2D eigenvalue weighted by molar-refractivity contribution is -0.117. The fourth-order valence-corrected chi connectivity index (χ4v) is 2.32. The Kier molecular flexibility index (Phi) is 5.32. The Morgan fingerprint density at radius 2 is 1.95 bits per heavy atom. The summed E-state index contributed by atoms with van der Waals surface area (Å²) < 4.78 is 5.33. The first-order valence-electron chi connectivity index (χ1n) is 7.62. The van der Waals surface area contributed by atoms with Gasteiger partial charge < -0.3 is 15.4 Å². The van der Waals surface area contributed by atoms with Gasteiger partial charge in [0.15, 0.2) is 5.78 Å². The van der Waals surface area contributed by atoms with Crippen LogP contribution in [0.1, 0.15) is 37.6 Å². The lowest BCUT2D eigenvalue weighted by Crippen LogP contribution is -2.43. The number of ketones is 1. The van der Waals surface area contributed by atoms with Gasteiger partial charge in [-0.05, 0) is 24.3 Å². The molecule has 0 spiro atoms. The summed E-state index contributed by atoms with van der Waals surface area (Å²) in [6, 6.07) is 7.11. The molecule has 0 bridgehead atoms. The molecule has 1 saturated heterocycles. The zero-order chi connectivity index (χ0) is 16.2. The number of hydrogen-bond donors (Lipinski definition) is 2. The van der Waals surface area contributed by atoms with E-state index in [0.29, 0.717) is 30.9 Å². The number of ether oxygens (including phenoxy) is 1. The third kappa shape index (κ3) is 4.64. The highest BCUT2D eigenvalue weighted by Gasteiger charge is 2.22. The smallest absolute Gasteiger partial charge is 0.226 e. The normalized spacial score (nSPS) is 18.8. The van der Waals surface area contributed by atoms with Gasteiger partial charge in [0.05, 0.1) is 13.2 Å². The van der Waals surface area contributed by atoms with Crippen molar-refractivity contribution in [3.05, 3.63) is 29.8 Å². The molecule has 1 unspecified atom stereocenters. The van der Waals surface area contributed by atoms with Gasteiger partial charge >= 0.3 is 0 Å². The summed E-state index contributed by atoms with van der Waals surface area (Å²) >= 11 is 0. The third-order valence-electron chi connectivity index (χ3n) is 3.54. The Bertz CT molecular complexity index is 526. The summed E-state index contributed by atoms with van der Waals surface area (Å²) in [6.45, 7) is 7.72. The number of carbonyl (C=O) groups is 2. The molecule has 1 heterocycles. The molecule has 1 atom stereocenters. The molecule has 2 rings (SSSR count). The van der Waals surface area contributed by atoms with E-state index in [4.69, 9.17) is 4.74 Å². The first-order valence-corrected chi connectivity index (χ1v) is 7.62. The molecule has 5 nitrogen and oxygen atoms in total. The van der Waals surface area contributed by atoms with Crippen LogP contribution in [0.5, 0.6) is 0 Å². The quantitative estimate of drug-likeness (QED) is 0.837. The van der Waals surface area contributed by atoms with Crippen molar-refractivity contribution in [2.24, 2.45) is 5.41 Å². The van der Waals surface area contributed by atoms with E-state index in [1.165, 1.54) is 0 Å². The predicted molar refractivity (Wildman–Crippen MR) is 86.1 cm³/mol. The van der Waals surface area contributed by atoms with Gasteiger partial charge in [-0.25, -0.2) is 0 Å². The van der Waals surface area contributed by atoms with Crippen LogP contribution in [0.15, 0.2) is 24.3 Å². The molecule has 22 heavy (non-hydrogen) atoms. The second kappa shape index (κ2) is 7.03. The number of benzene rings is 1. The Morgan fingerprint density at radius 1 is 1.27 bits per heavy atom. The van der Waals surface area contributed by atoms with E-state index in [1.54, 1.807) is 24.3 Å². The molecule has 0 aliphatic carbocycles. The largest absolute Gasteiger partial charge is 0.378 e. The summed E-state index contributed by atoms with van der Waals surface area (Å²) in [5.74, 6) is 0.0341. The molecule has 2 N–H and O–H groups in total. The van der Waals surface area contributed by atoms with E-state index < -0.39 is 5.41 Å². The Balaban J connectivity index is 1.90. The minimum absolute atomic E-state index is 0.0575. The van der Waals surface area contributed by atoms with Crippen molar-refractivity contribution in [3.63, 3.8) is 0 Å². The molecule has 1 aromatic carbocycles. The second-order valence-corrected chi connectivity index (χ2v) is 6.63. The van der Waals surface area contributed by atoms with Crippen LogP contribution in [0, 0.1) is 5.41 Å². The van der Waals surface area contributed by atoms with E-state index in [1.807, 2.05) is 20.8 Å². The summed E-state index contributed by atoms with van der Waals surface area (Å²) in [5, 5.41) is 6.09. The van der Waals surface area contributed by atoms with Crippen LogP contribution in [-0.4, -0.2) is 37.5 Å². The molecule has 1 aliphatic rings. The van der Waals surface area contributed by atoms with Gasteiger partial charge in [0.1, 0.15) is 0 Å². The van der Waals surface area contributed by atoms with E-state index in [9.17, 15) is 9.59 Å². The van der Waals surface area contributed by atoms with Crippen molar-refractivity contribution < 1.29 is 14.3 Å². The van der Waals surface area contributed by atoms with Gasteiger partial charge in [-0.15, -0.1) is 0 Å². The van der Waals surface area contributed by atoms with Crippen LogP contribution in [-0.2, 0) is 9.53 Å². The number of amides is 1. The summed E-state index contributed by atoms with van der Waals surface area (Å²) in [6.07, 6.45) is 0.378. The minimum atomic E-state index is -0.405. The molecule has 1 aliphatic heterocycles. The average molecular weight is 304 g/mol. The van der Waals surface area contributed by atoms with Gasteiger partial charge in [0, 0.05) is 35.7 Å². The number of anilines is 1. The summed E-state index contributed by atoms with van der Waals surface area (Å²) in [4.78, 5) is 24.1. The van der Waals surface area contributed by atoms with Gasteiger partial charge in [0.2, 0.25) is 5.91 Å². The zero-order valence-corrected chi connectivity index (χ0v) is 13.4. The summed E-state index contributed by atoms with van der Waals surface area (Å²) in [5.41, 5.74) is 0.956. The lowest BCUT2D eigenvalue weighted by Gasteiger charge is -2.23. The van der Waals surface area contributed by atoms with Crippen LogP contribution in [0.2, 0.25) is 0 Å². The predicted octanol–water partition coefficient (Wildman–Crippen LogP) is 2.23. The molecule has 1 fully saturated rings. The highest BCUT2D eigenvalue weighted by atomic mass is 16.5. The first kappa shape index (κ1) is 16.6. The van der Waals surface area contributed by atoms with Crippen LogP contribution >= 0.6 is 0 Å². The van der Waals surface area contributed by atoms with Crippen LogP contribution in [0.25, 0.3) is 0 Å². The maximum absolute atomic E-state index is 12.2. The SMILES string of the molecule is CC(C)(C)C(=O)c1ccc(NC(=O)CC2COCCN2)cc1. The number of nitrogens with one attached hydrogen (secondary N) is 2. The topological polar surface area (TPSA) is 67.4 Å². The van der Waals surface area contributed by atoms with Gasteiger partial charge in [-0.2, -0.15) is 0 Å². The molecule has 1 aromatic rings. The number of morpholine rings is 1. The van der Waals surface area contributed by atoms with E-state index in [2.05, 4.69) is 10.6 Å². The Hall–Kier alpha value is -1.72. The number of carbonyl (C=O) groups excluding carboxylic acids is 2. The van der Waals surface area contributed by atoms with Crippen molar-refractivity contribution >= 4 is 17.4 Å². The minimum Gasteiger partial charge on any atom is -0.378 e. The highest BCUT2D eigenvalue weighted by molar-refractivity contribution is 6.00. The molecular weight excluding hydrogens is 280 g/mol. The maximum atomic E-state index is 12.2. The molecular formula is C17H24N2O3. The third-order valence-corrected chi connectivity index (χ3v) is 3.54. The van der Waals surface area contributed by atoms with Crippen molar-refractivity contribution in [3.8, 4) is 0 Å². The number of Topliss-reactive ketones (excluding diaryl/α,β-unsaturated/α-hetero) is 1. The Labute approximate surface area is 131 Å². The van der Waals surface area contributed by atoms with Crippen molar-refractivity contribution in [2.45, 2.75) is 33.2 Å². The van der Waals surface area contributed by atoms with E-state index in [0.717, 1.165) is 6.54 Å². The molecule has 120 valence electrons. The monoisotopic (exact) mass is 304 g/mol. The number of hydrogen-bond acceptors (Lipinski definition) is 4. The summed E-state index contributed by atoms with van der Waals surface area (Å²) in [7, 11) is 0. The molecule has 0 aromatic heterocycles. The zero-order valence-electron chi connectivity index (χ0n) is 13.4. The van der Waals surface area contributed by atoms with Gasteiger partial charge in [-0.3, -0.25) is 9.59 Å². The highest BCUT2D eigenvalue weighted by Crippen LogP contribution is 2.21. The van der Waals surface area contributed by atoms with Crippen molar-refractivity contribution in [1.29, 1.82) is 0 Å². The molecule has 5 heteroatoms. The second-order valence-electron chi connectivity index (χ2n) is 6.63. The standard InChI is InChI=1S/C17H24N2O3/c1-17(2,3)16(21)12-4-6-13(7-5-12)19-15(20)10-14-11-22-9-8-18-14/h4-7,14,18H,8-11H2,1-3H3,(H,19,20). The molecule has 0 saturated carbocycles. The number of rotatable bonds is 4. The van der Waals surface area contributed by atoms with Crippen molar-refractivity contribution in [1.82, 2.24) is 5.32 Å². The van der Waals surface area contributed by atoms with Crippen LogP contribution < -0.4 is 10.6 Å². The fraction of sp³-hybridized carbons (Fsp3) is 0.529. The van der Waals surface area contributed by atoms with Gasteiger partial charge in [-0.1, -0.05) is 20.8 Å². The molecule has 0 radical (unpaired) electrons. The van der Waals surface area contributed by atoms with Crippen molar-refractivity contribution in [2.75, 3.05) is 25.1 Å². The van der Waals surface area contributed by atoms with Crippen LogP contribution in [0.3, 0.4) is 0 Å². The van der Waals surface area contributed by atoms with E-state index >= 15 is 0 Å². The molecule has 1 amide bonds. The van der Waals surface area contributed by atoms with Crippen LogP contribution in [0.4, 0.5) is 5.69 Å². The first-order chi connectivity index (χ1) is 10.4. The lowest BCUT2D eigenvalue weighted by atomic mass is 9.86. The van der Waals surface area contributed by atoms with Gasteiger partial charge in [0.25, 0.3) is 0 Å². The fourth-order valence-electron chi connectivity index (χ4n) is 2.32.